The number of rotatable bonds is 10. The number of carbonyl (C=O) groups excluding carboxylic acids is 1. The highest BCUT2D eigenvalue weighted by molar-refractivity contribution is 7.92. The van der Waals surface area contributed by atoms with E-state index in [1.165, 1.54) is 10.6 Å². The third kappa shape index (κ3) is 6.32. The number of carbonyl (C=O) groups is 1. The highest BCUT2D eigenvalue weighted by Crippen LogP contribution is 2.54. The summed E-state index contributed by atoms with van der Waals surface area (Å²) in [4.78, 5) is 21.1. The number of sulfonamides is 1. The van der Waals surface area contributed by atoms with Crippen molar-refractivity contribution in [1.29, 1.82) is 0 Å². The van der Waals surface area contributed by atoms with Crippen molar-refractivity contribution in [2.45, 2.75) is 50.6 Å². The van der Waals surface area contributed by atoms with Gasteiger partial charge < -0.3 is 4.90 Å². The van der Waals surface area contributed by atoms with Crippen molar-refractivity contribution in [3.8, 4) is 0 Å². The molecule has 0 radical (unpaired) electrons. The molecule has 4 atom stereocenters. The Morgan fingerprint density at radius 2 is 1.80 bits per heavy atom. The quantitative estimate of drug-likeness (QED) is 0.226. The fourth-order valence-electron chi connectivity index (χ4n) is 6.27. The van der Waals surface area contributed by atoms with Gasteiger partial charge in [0.05, 0.1) is 30.3 Å². The van der Waals surface area contributed by atoms with Gasteiger partial charge in [-0.3, -0.25) is 9.10 Å². The number of aromatic nitrogens is 1. The lowest BCUT2D eigenvalue weighted by Crippen LogP contribution is -2.59. The summed E-state index contributed by atoms with van der Waals surface area (Å²) in [5.74, 6) is 0.406. The van der Waals surface area contributed by atoms with Gasteiger partial charge in [-0.1, -0.05) is 66.5 Å². The van der Waals surface area contributed by atoms with Crippen molar-refractivity contribution in [2.24, 2.45) is 11.3 Å². The number of nitrogens with zero attached hydrogens (tertiary/aromatic N) is 3. The molecule has 9 heteroatoms. The van der Waals surface area contributed by atoms with Gasteiger partial charge >= 0.3 is 0 Å². The SMILES string of the molecule is C=CC[C@@]1(C)C[C@H](c2cccc(Cl)c2)[C@@H](c2ccc(Cl)cc2)N([C@@H](CN(c2ccccn2)S(C)(=O)=O)C2CC2)C1=O. The summed E-state index contributed by atoms with van der Waals surface area (Å²) >= 11 is 12.8. The predicted octanol–water partition coefficient (Wildman–Crippen LogP) is 7.27. The number of anilines is 1. The second-order valence-corrected chi connectivity index (χ2v) is 14.3. The Hall–Kier alpha value is -2.87. The number of hydrogen-bond acceptors (Lipinski definition) is 4. The summed E-state index contributed by atoms with van der Waals surface area (Å²) in [5, 5.41) is 1.23. The van der Waals surface area contributed by atoms with Gasteiger partial charge in [0.15, 0.2) is 0 Å². The molecule has 5 rings (SSSR count). The molecule has 216 valence electrons. The van der Waals surface area contributed by atoms with E-state index >= 15 is 0 Å². The molecule has 3 aromatic rings. The van der Waals surface area contributed by atoms with Crippen LogP contribution in [0, 0.1) is 11.3 Å². The summed E-state index contributed by atoms with van der Waals surface area (Å²) in [6.45, 7) is 6.08. The first-order valence-corrected chi connectivity index (χ1v) is 16.5. The maximum absolute atomic E-state index is 14.7. The third-order valence-electron chi connectivity index (χ3n) is 8.37. The van der Waals surface area contributed by atoms with Crippen LogP contribution in [-0.2, 0) is 14.8 Å². The molecular weight excluding hydrogens is 577 g/mol. The van der Waals surface area contributed by atoms with E-state index in [1.54, 1.807) is 30.5 Å². The summed E-state index contributed by atoms with van der Waals surface area (Å²) in [6.07, 6.45) is 7.50. The minimum absolute atomic E-state index is 0.00185. The van der Waals surface area contributed by atoms with Crippen molar-refractivity contribution in [3.63, 3.8) is 0 Å². The molecule has 2 aliphatic rings. The zero-order chi connectivity index (χ0) is 29.4. The van der Waals surface area contributed by atoms with Crippen molar-refractivity contribution < 1.29 is 13.2 Å². The first-order chi connectivity index (χ1) is 19.5. The first kappa shape index (κ1) is 29.6. The molecule has 2 fully saturated rings. The summed E-state index contributed by atoms with van der Waals surface area (Å²) in [5.41, 5.74) is 1.25. The Morgan fingerprint density at radius 1 is 1.07 bits per heavy atom. The van der Waals surface area contributed by atoms with E-state index in [-0.39, 0.29) is 36.4 Å². The molecule has 1 saturated carbocycles. The number of hydrogen-bond donors (Lipinski definition) is 0. The summed E-state index contributed by atoms with van der Waals surface area (Å²) in [6, 6.07) is 19.9. The lowest BCUT2D eigenvalue weighted by Gasteiger charge is -2.52. The molecule has 1 saturated heterocycles. The third-order valence-corrected chi connectivity index (χ3v) is 9.99. The van der Waals surface area contributed by atoms with E-state index in [0.717, 1.165) is 24.0 Å². The molecular formula is C32H35Cl2N3O3S. The van der Waals surface area contributed by atoms with Crippen LogP contribution >= 0.6 is 23.2 Å². The minimum Gasteiger partial charge on any atom is -0.329 e. The van der Waals surface area contributed by atoms with Crippen LogP contribution in [0.1, 0.15) is 55.7 Å². The molecule has 41 heavy (non-hydrogen) atoms. The van der Waals surface area contributed by atoms with Crippen LogP contribution in [0.25, 0.3) is 0 Å². The lowest BCUT2D eigenvalue weighted by atomic mass is 9.67. The zero-order valence-electron chi connectivity index (χ0n) is 23.3. The zero-order valence-corrected chi connectivity index (χ0v) is 25.6. The predicted molar refractivity (Wildman–Crippen MR) is 166 cm³/mol. The molecule has 0 bridgehead atoms. The molecule has 1 amide bonds. The van der Waals surface area contributed by atoms with Gasteiger partial charge in [0, 0.05) is 22.2 Å². The maximum atomic E-state index is 14.7. The average Bonchev–Trinajstić information content (AvgIpc) is 3.77. The van der Waals surface area contributed by atoms with Gasteiger partial charge in [0.1, 0.15) is 5.82 Å². The van der Waals surface area contributed by atoms with Crippen LogP contribution in [0.5, 0.6) is 0 Å². The van der Waals surface area contributed by atoms with E-state index in [0.29, 0.717) is 28.7 Å². The second-order valence-electron chi connectivity index (χ2n) is 11.5. The molecule has 1 aromatic heterocycles. The molecule has 0 unspecified atom stereocenters. The second kappa shape index (κ2) is 11.8. The van der Waals surface area contributed by atoms with Crippen LogP contribution in [0.15, 0.2) is 85.6 Å². The van der Waals surface area contributed by atoms with E-state index in [4.69, 9.17) is 23.2 Å². The number of allylic oxidation sites excluding steroid dienone is 1. The van der Waals surface area contributed by atoms with E-state index in [9.17, 15) is 13.2 Å². The Bertz CT molecular complexity index is 1510. The molecule has 1 aliphatic carbocycles. The summed E-state index contributed by atoms with van der Waals surface area (Å²) < 4.78 is 27.7. The number of benzene rings is 2. The van der Waals surface area contributed by atoms with Gasteiger partial charge in [-0.15, -0.1) is 6.58 Å². The fourth-order valence-corrected chi connectivity index (χ4v) is 7.46. The van der Waals surface area contributed by atoms with Gasteiger partial charge in [-0.2, -0.15) is 0 Å². The van der Waals surface area contributed by atoms with E-state index in [2.05, 4.69) is 17.6 Å². The number of pyridine rings is 1. The van der Waals surface area contributed by atoms with Crippen molar-refractivity contribution in [2.75, 3.05) is 17.1 Å². The highest BCUT2D eigenvalue weighted by atomic mass is 35.5. The monoisotopic (exact) mass is 611 g/mol. The van der Waals surface area contributed by atoms with E-state index in [1.807, 2.05) is 54.3 Å². The minimum atomic E-state index is -3.69. The maximum Gasteiger partial charge on any atom is 0.233 e. The van der Waals surface area contributed by atoms with Gasteiger partial charge in [-0.05, 0) is 79.1 Å². The smallest absolute Gasteiger partial charge is 0.233 e. The van der Waals surface area contributed by atoms with E-state index < -0.39 is 15.4 Å². The summed E-state index contributed by atoms with van der Waals surface area (Å²) in [7, 11) is -3.69. The van der Waals surface area contributed by atoms with Crippen molar-refractivity contribution in [3.05, 3.63) is 107 Å². The Labute approximate surface area is 253 Å². The molecule has 6 nitrogen and oxygen atoms in total. The Kier molecular flexibility index (Phi) is 8.51. The van der Waals surface area contributed by atoms with Crippen LogP contribution < -0.4 is 4.31 Å². The lowest BCUT2D eigenvalue weighted by molar-refractivity contribution is -0.154. The highest BCUT2D eigenvalue weighted by Gasteiger charge is 2.54. The van der Waals surface area contributed by atoms with Gasteiger partial charge in [0.2, 0.25) is 15.9 Å². The van der Waals surface area contributed by atoms with Crippen LogP contribution in [-0.4, -0.2) is 43.1 Å². The fraction of sp³-hybridized carbons (Fsp3) is 0.375. The molecule has 1 aliphatic heterocycles. The van der Waals surface area contributed by atoms with Crippen LogP contribution in [0.2, 0.25) is 10.0 Å². The topological polar surface area (TPSA) is 70.6 Å². The largest absolute Gasteiger partial charge is 0.329 e. The number of amides is 1. The van der Waals surface area contributed by atoms with Gasteiger partial charge in [0.25, 0.3) is 0 Å². The molecule has 0 N–H and O–H groups in total. The first-order valence-electron chi connectivity index (χ1n) is 13.8. The Morgan fingerprint density at radius 3 is 2.39 bits per heavy atom. The Balaban J connectivity index is 1.69. The van der Waals surface area contributed by atoms with Gasteiger partial charge in [-0.25, -0.2) is 13.4 Å². The standard InChI is InChI=1S/C32H35Cl2N3O3S/c1-4-17-32(2)20-27(24-8-7-9-26(34)19-24)30(23-13-15-25(33)16-14-23)37(31(32)38)28(22-11-12-22)21-36(41(3,39)40)29-10-5-6-18-35-29/h4-10,13-16,18-19,22,27-28,30H,1,11-12,17,20-21H2,2-3H3/t27-,28+,30-,32+/m1/s1. The normalized spacial score (nSPS) is 23.7. The number of halogens is 2. The molecule has 2 heterocycles. The van der Waals surface area contributed by atoms with Crippen molar-refractivity contribution in [1.82, 2.24) is 9.88 Å². The molecule has 2 aromatic carbocycles. The average molecular weight is 613 g/mol. The number of likely N-dealkylation sites (tertiary alicyclic amines) is 1. The van der Waals surface area contributed by atoms with Crippen LogP contribution in [0.4, 0.5) is 5.82 Å². The number of piperidine rings is 1. The van der Waals surface area contributed by atoms with Crippen molar-refractivity contribution >= 4 is 45.0 Å². The van der Waals surface area contributed by atoms with Crippen LogP contribution in [0.3, 0.4) is 0 Å². The molecule has 0 spiro atoms.